The Balaban J connectivity index is 1.56. The lowest BCUT2D eigenvalue weighted by molar-refractivity contribution is 0.0734. The molecule has 0 aliphatic carbocycles. The number of carbonyl (C=O) groups is 1. The van der Waals surface area contributed by atoms with Crippen molar-refractivity contribution in [3.05, 3.63) is 82.0 Å². The number of hydrogen-bond donors (Lipinski definition) is 0. The van der Waals surface area contributed by atoms with E-state index < -0.39 is 0 Å². The first kappa shape index (κ1) is 20.6. The lowest BCUT2D eigenvalue weighted by Gasteiger charge is -2.36. The van der Waals surface area contributed by atoms with E-state index in [0.29, 0.717) is 31.9 Å². The molecule has 1 fully saturated rings. The van der Waals surface area contributed by atoms with Gasteiger partial charge in [-0.3, -0.25) is 9.59 Å². The number of nitrogens with zero attached hydrogens (tertiary/aromatic N) is 4. The Morgan fingerprint density at radius 2 is 1.58 bits per heavy atom. The molecule has 7 nitrogen and oxygen atoms in total. The lowest BCUT2D eigenvalue weighted by Crippen LogP contribution is -2.49. The van der Waals surface area contributed by atoms with Gasteiger partial charge in [-0.25, -0.2) is 4.39 Å². The second kappa shape index (κ2) is 8.59. The highest BCUT2D eigenvalue weighted by Gasteiger charge is 2.27. The SMILES string of the molecule is COc1cc(=O)n(-c2ccc(C)cc2)nc1C(=O)N1CCN(c2ccc(F)cc2)CC1. The van der Waals surface area contributed by atoms with Gasteiger partial charge in [-0.2, -0.15) is 9.78 Å². The summed E-state index contributed by atoms with van der Waals surface area (Å²) in [7, 11) is 1.41. The highest BCUT2D eigenvalue weighted by molar-refractivity contribution is 5.95. The molecule has 0 atom stereocenters. The number of aromatic nitrogens is 2. The summed E-state index contributed by atoms with van der Waals surface area (Å²) in [5.74, 6) is -0.421. The Labute approximate surface area is 179 Å². The molecule has 1 aliphatic rings. The molecule has 1 aliphatic heterocycles. The van der Waals surface area contributed by atoms with Gasteiger partial charge < -0.3 is 14.5 Å². The van der Waals surface area contributed by atoms with Gasteiger partial charge >= 0.3 is 0 Å². The molecule has 0 saturated carbocycles. The number of amides is 1. The molecule has 0 bridgehead atoms. The molecule has 0 radical (unpaired) electrons. The van der Waals surface area contributed by atoms with Crippen LogP contribution in [0, 0.1) is 12.7 Å². The topological polar surface area (TPSA) is 67.7 Å². The van der Waals surface area contributed by atoms with Crippen LogP contribution in [0.15, 0.2) is 59.4 Å². The lowest BCUT2D eigenvalue weighted by atomic mass is 10.2. The summed E-state index contributed by atoms with van der Waals surface area (Å²) >= 11 is 0. The van der Waals surface area contributed by atoms with Crippen molar-refractivity contribution in [2.24, 2.45) is 0 Å². The average Bonchev–Trinajstić information content (AvgIpc) is 2.80. The number of aryl methyl sites for hydroxylation is 1. The average molecular weight is 422 g/mol. The maximum atomic E-state index is 13.2. The number of rotatable bonds is 4. The quantitative estimate of drug-likeness (QED) is 0.647. The number of methoxy groups -OCH3 is 1. The van der Waals surface area contributed by atoms with Crippen LogP contribution < -0.4 is 15.2 Å². The van der Waals surface area contributed by atoms with Crippen LogP contribution in [0.2, 0.25) is 0 Å². The monoisotopic (exact) mass is 422 g/mol. The highest BCUT2D eigenvalue weighted by Crippen LogP contribution is 2.20. The third-order valence-corrected chi connectivity index (χ3v) is 5.36. The van der Waals surface area contributed by atoms with Crippen molar-refractivity contribution in [2.75, 3.05) is 38.2 Å². The predicted molar refractivity (Wildman–Crippen MR) is 116 cm³/mol. The summed E-state index contributed by atoms with van der Waals surface area (Å²) in [5, 5.41) is 4.34. The first-order valence-corrected chi connectivity index (χ1v) is 10.0. The molecule has 160 valence electrons. The molecular formula is C23H23FN4O3. The Hall–Kier alpha value is -3.68. The van der Waals surface area contributed by atoms with E-state index in [9.17, 15) is 14.0 Å². The molecule has 0 N–H and O–H groups in total. The van der Waals surface area contributed by atoms with Crippen molar-refractivity contribution in [1.82, 2.24) is 14.7 Å². The number of piperazine rings is 1. The fourth-order valence-electron chi connectivity index (χ4n) is 3.58. The van der Waals surface area contributed by atoms with Gasteiger partial charge in [0.25, 0.3) is 11.5 Å². The van der Waals surface area contributed by atoms with Crippen molar-refractivity contribution in [3.8, 4) is 11.4 Å². The molecule has 2 aromatic carbocycles. The third kappa shape index (κ3) is 4.28. The zero-order valence-electron chi connectivity index (χ0n) is 17.4. The first-order valence-electron chi connectivity index (χ1n) is 10.0. The van der Waals surface area contributed by atoms with E-state index >= 15 is 0 Å². The summed E-state index contributed by atoms with van der Waals surface area (Å²) in [6.07, 6.45) is 0. The minimum atomic E-state index is -0.376. The van der Waals surface area contributed by atoms with Gasteiger partial charge in [0.2, 0.25) is 0 Å². The number of ether oxygens (including phenoxy) is 1. The van der Waals surface area contributed by atoms with Crippen molar-refractivity contribution >= 4 is 11.6 Å². The van der Waals surface area contributed by atoms with E-state index in [1.807, 2.05) is 19.1 Å². The van der Waals surface area contributed by atoms with Crippen molar-refractivity contribution < 1.29 is 13.9 Å². The molecule has 1 aromatic heterocycles. The van der Waals surface area contributed by atoms with E-state index in [2.05, 4.69) is 10.00 Å². The van der Waals surface area contributed by atoms with Crippen LogP contribution >= 0.6 is 0 Å². The van der Waals surface area contributed by atoms with Crippen molar-refractivity contribution in [3.63, 3.8) is 0 Å². The normalized spacial score (nSPS) is 13.9. The summed E-state index contributed by atoms with van der Waals surface area (Å²) < 4.78 is 19.7. The smallest absolute Gasteiger partial charge is 0.278 e. The van der Waals surface area contributed by atoms with Gasteiger partial charge in [0.15, 0.2) is 11.4 Å². The zero-order chi connectivity index (χ0) is 22.0. The second-order valence-corrected chi connectivity index (χ2v) is 7.40. The largest absolute Gasteiger partial charge is 0.494 e. The molecule has 1 saturated heterocycles. The minimum absolute atomic E-state index is 0.0953. The van der Waals surface area contributed by atoms with Crippen LogP contribution in [0.25, 0.3) is 5.69 Å². The van der Waals surface area contributed by atoms with Gasteiger partial charge in [0, 0.05) is 31.9 Å². The number of hydrogen-bond acceptors (Lipinski definition) is 5. The summed E-state index contributed by atoms with van der Waals surface area (Å²) in [4.78, 5) is 29.5. The van der Waals surface area contributed by atoms with Gasteiger partial charge in [0.1, 0.15) is 5.82 Å². The molecule has 4 rings (SSSR count). The zero-order valence-corrected chi connectivity index (χ0v) is 17.4. The van der Waals surface area contributed by atoms with Crippen LogP contribution in [0.4, 0.5) is 10.1 Å². The van der Waals surface area contributed by atoms with Crippen molar-refractivity contribution in [1.29, 1.82) is 0 Å². The second-order valence-electron chi connectivity index (χ2n) is 7.40. The molecule has 1 amide bonds. The van der Waals surface area contributed by atoms with E-state index in [1.165, 1.54) is 30.0 Å². The van der Waals surface area contributed by atoms with Gasteiger partial charge in [-0.15, -0.1) is 0 Å². The summed E-state index contributed by atoms with van der Waals surface area (Å²) in [5.41, 5.74) is 2.27. The Morgan fingerprint density at radius 1 is 0.968 bits per heavy atom. The highest BCUT2D eigenvalue weighted by atomic mass is 19.1. The number of carbonyl (C=O) groups excluding carboxylic acids is 1. The standard InChI is InChI=1S/C23H23FN4O3/c1-16-3-7-19(8-4-16)28-21(29)15-20(31-2)22(25-28)23(30)27-13-11-26(12-14-27)18-9-5-17(24)6-10-18/h3-10,15H,11-14H2,1-2H3. The summed E-state index contributed by atoms with van der Waals surface area (Å²) in [6.45, 7) is 4.12. The first-order chi connectivity index (χ1) is 15.0. The fraction of sp³-hybridized carbons (Fsp3) is 0.261. The maximum Gasteiger partial charge on any atom is 0.278 e. The maximum absolute atomic E-state index is 13.2. The van der Waals surface area contributed by atoms with Gasteiger partial charge in [-0.1, -0.05) is 17.7 Å². The molecule has 0 spiro atoms. The van der Waals surface area contributed by atoms with E-state index in [-0.39, 0.29) is 28.7 Å². The van der Waals surface area contributed by atoms with Crippen molar-refractivity contribution in [2.45, 2.75) is 6.92 Å². The van der Waals surface area contributed by atoms with Crippen LogP contribution in [0.1, 0.15) is 16.1 Å². The molecule has 8 heteroatoms. The Morgan fingerprint density at radius 3 is 2.19 bits per heavy atom. The van der Waals surface area contributed by atoms with Gasteiger partial charge in [-0.05, 0) is 43.3 Å². The van der Waals surface area contributed by atoms with Gasteiger partial charge in [0.05, 0.1) is 18.9 Å². The molecule has 0 unspecified atom stereocenters. The fourth-order valence-corrected chi connectivity index (χ4v) is 3.58. The van der Waals surface area contributed by atoms with Crippen LogP contribution in [0.5, 0.6) is 5.75 Å². The predicted octanol–water partition coefficient (Wildman–Crippen LogP) is 2.65. The minimum Gasteiger partial charge on any atom is -0.494 e. The molecule has 3 aromatic rings. The number of benzene rings is 2. The van der Waals surface area contributed by atoms with E-state index in [0.717, 1.165) is 11.3 Å². The molecule has 2 heterocycles. The van der Waals surface area contributed by atoms with E-state index in [4.69, 9.17) is 4.74 Å². The Kier molecular flexibility index (Phi) is 5.70. The van der Waals surface area contributed by atoms with Crippen LogP contribution in [-0.4, -0.2) is 53.9 Å². The number of anilines is 1. The Bertz CT molecular complexity index is 1130. The summed E-state index contributed by atoms with van der Waals surface area (Å²) in [6, 6.07) is 14.9. The van der Waals surface area contributed by atoms with E-state index in [1.54, 1.807) is 29.2 Å². The third-order valence-electron chi connectivity index (χ3n) is 5.36. The number of halogens is 1. The molecular weight excluding hydrogens is 399 g/mol. The molecule has 31 heavy (non-hydrogen) atoms. The van der Waals surface area contributed by atoms with Crippen LogP contribution in [-0.2, 0) is 0 Å². The van der Waals surface area contributed by atoms with Crippen LogP contribution in [0.3, 0.4) is 0 Å².